The van der Waals surface area contributed by atoms with Gasteiger partial charge in [-0.2, -0.15) is 0 Å². The number of amides is 2. The highest BCUT2D eigenvalue weighted by Crippen LogP contribution is 2.70. The molecule has 0 fully saturated rings. The van der Waals surface area contributed by atoms with Crippen molar-refractivity contribution in [3.63, 3.8) is 0 Å². The van der Waals surface area contributed by atoms with Crippen LogP contribution in [0.3, 0.4) is 0 Å². The van der Waals surface area contributed by atoms with Gasteiger partial charge in [0.15, 0.2) is 0 Å². The van der Waals surface area contributed by atoms with E-state index >= 15 is 0 Å². The summed E-state index contributed by atoms with van der Waals surface area (Å²) >= 11 is 12.1. The maximum atomic E-state index is 13.4. The Hall–Kier alpha value is -1.38. The average molecular weight is 473 g/mol. The highest BCUT2D eigenvalue weighted by Gasteiger charge is 2.49. The van der Waals surface area contributed by atoms with Crippen LogP contribution in [0.1, 0.15) is 48.5 Å². The maximum Gasteiger partial charge on any atom is 0.421 e. The second-order valence-corrected chi connectivity index (χ2v) is 14.2. The van der Waals surface area contributed by atoms with Crippen LogP contribution >= 0.6 is 30.5 Å². The summed E-state index contributed by atoms with van der Waals surface area (Å²) in [5.74, 6) is 1.40. The minimum Gasteiger partial charge on any atom is -0.763 e. The fraction of sp³-hybridized carbons (Fsp3) is 0.545. The van der Waals surface area contributed by atoms with E-state index in [1.807, 2.05) is 0 Å². The molecule has 1 aromatic carbocycles. The molecule has 166 valence electrons. The lowest BCUT2D eigenvalue weighted by molar-refractivity contribution is -0.114. The van der Waals surface area contributed by atoms with E-state index in [0.29, 0.717) is 28.2 Å². The van der Waals surface area contributed by atoms with E-state index in [1.165, 1.54) is 18.2 Å². The predicted octanol–water partition coefficient (Wildman–Crippen LogP) is 6.89. The van der Waals surface area contributed by atoms with Crippen molar-refractivity contribution in [2.24, 2.45) is 0 Å². The third-order valence-corrected chi connectivity index (χ3v) is 12.9. The van der Waals surface area contributed by atoms with Crippen molar-refractivity contribution in [1.82, 2.24) is 0 Å². The van der Waals surface area contributed by atoms with Crippen LogP contribution in [0.4, 0.5) is 10.5 Å². The van der Waals surface area contributed by atoms with Crippen LogP contribution < -0.4 is 4.90 Å². The smallest absolute Gasteiger partial charge is 0.421 e. The van der Waals surface area contributed by atoms with E-state index in [4.69, 9.17) is 27.9 Å². The summed E-state index contributed by atoms with van der Waals surface area (Å²) in [4.78, 5) is 27.0. The second-order valence-electron chi connectivity index (χ2n) is 7.96. The molecular formula is C22H31Cl2N2O3P. The standard InChI is InChI=1S/C22H31Cl2N2O3P/c1-8-29-22(28)26(18-9-10-19(23)20(24)11-18)21(27)17(12-25)13-30(14(2)3,15(4)5)16(6)7/h9-11,14-16H,8,13H2,1-7H3. The molecule has 0 saturated carbocycles. The first-order chi connectivity index (χ1) is 13.9. The monoisotopic (exact) mass is 472 g/mol. The molecule has 0 aliphatic rings. The summed E-state index contributed by atoms with van der Waals surface area (Å²) in [6.07, 6.45) is -0.483. The summed E-state index contributed by atoms with van der Waals surface area (Å²) in [5, 5.41) is 10.4. The quantitative estimate of drug-likeness (QED) is 0.235. The minimum absolute atomic E-state index is 0.0542. The summed E-state index contributed by atoms with van der Waals surface area (Å²) in [6, 6.07) is 4.43. The van der Waals surface area contributed by atoms with Crippen molar-refractivity contribution in [3.05, 3.63) is 39.2 Å². The first kappa shape index (κ1) is 26.7. The Morgan fingerprint density at radius 3 is 2.00 bits per heavy atom. The molecule has 0 saturated heterocycles. The molecule has 0 aliphatic heterocycles. The van der Waals surface area contributed by atoms with Gasteiger partial charge < -0.3 is 10.1 Å². The van der Waals surface area contributed by atoms with Crippen LogP contribution in [0, 0.1) is 0 Å². The number of benzene rings is 1. The second kappa shape index (κ2) is 11.3. The van der Waals surface area contributed by atoms with E-state index in [9.17, 15) is 15.0 Å². The molecule has 2 amide bonds. The van der Waals surface area contributed by atoms with Gasteiger partial charge in [0, 0.05) is 7.26 Å². The van der Waals surface area contributed by atoms with Gasteiger partial charge in [-0.3, -0.25) is 10.7 Å². The van der Waals surface area contributed by atoms with Crippen LogP contribution in [-0.4, -0.2) is 47.6 Å². The molecule has 1 aromatic rings. The highest BCUT2D eigenvalue weighted by atomic mass is 35.5. The molecule has 0 atom stereocenters. The van der Waals surface area contributed by atoms with E-state index in [-0.39, 0.29) is 22.9 Å². The van der Waals surface area contributed by atoms with Crippen molar-refractivity contribution < 1.29 is 14.3 Å². The summed E-state index contributed by atoms with van der Waals surface area (Å²) < 4.78 is 5.09. The molecule has 8 heteroatoms. The fourth-order valence-corrected chi connectivity index (χ4v) is 9.73. The van der Waals surface area contributed by atoms with Crippen molar-refractivity contribution in [2.45, 2.75) is 65.4 Å². The molecule has 30 heavy (non-hydrogen) atoms. The van der Waals surface area contributed by atoms with Crippen LogP contribution in [0.15, 0.2) is 23.8 Å². The minimum atomic E-state index is -1.74. The number of halogens is 2. The van der Waals surface area contributed by atoms with Gasteiger partial charge in [-0.1, -0.05) is 23.2 Å². The van der Waals surface area contributed by atoms with Gasteiger partial charge in [-0.15, -0.1) is 0 Å². The van der Waals surface area contributed by atoms with Gasteiger partial charge >= 0.3 is 6.09 Å². The number of carbonyl (C=O) groups excluding carboxylic acids is 2. The Kier molecular flexibility index (Phi) is 10.0. The molecule has 0 aliphatic carbocycles. The summed E-state index contributed by atoms with van der Waals surface area (Å²) in [7, 11) is -1.74. The lowest BCUT2D eigenvalue weighted by atomic mass is 10.2. The lowest BCUT2D eigenvalue weighted by Gasteiger charge is -2.39. The van der Waals surface area contributed by atoms with Crippen molar-refractivity contribution in [3.8, 4) is 0 Å². The molecule has 0 heterocycles. The zero-order valence-electron chi connectivity index (χ0n) is 18.7. The molecule has 0 spiro atoms. The molecule has 0 aromatic heterocycles. The SMILES string of the molecule is CCOC(=O)N(C(=O)C(=C=[N-])C[P+](C(C)C)(C(C)C)C(C)C)c1ccc(Cl)c(Cl)c1. The molecule has 0 N–H and O–H groups in total. The van der Waals surface area contributed by atoms with Crippen molar-refractivity contribution in [2.75, 3.05) is 17.7 Å². The number of rotatable bonds is 8. The number of ether oxygens (including phenoxy) is 1. The molecule has 0 radical (unpaired) electrons. The van der Waals surface area contributed by atoms with Crippen molar-refractivity contribution >= 4 is 54.0 Å². The largest absolute Gasteiger partial charge is 0.763 e. The van der Waals surface area contributed by atoms with Gasteiger partial charge in [-0.05, 0) is 66.7 Å². The Labute approximate surface area is 190 Å². The normalized spacial score (nSPS) is 11.6. The number of anilines is 1. The Bertz CT molecular complexity index is 812. The van der Waals surface area contributed by atoms with Gasteiger partial charge in [0.1, 0.15) is 0 Å². The van der Waals surface area contributed by atoms with Crippen LogP contribution in [0.25, 0.3) is 5.41 Å². The average Bonchev–Trinajstić information content (AvgIpc) is 2.65. The summed E-state index contributed by atoms with van der Waals surface area (Å²) in [5.41, 5.74) is 1.25. The van der Waals surface area contributed by atoms with Gasteiger partial charge in [-0.25, -0.2) is 9.69 Å². The van der Waals surface area contributed by atoms with Gasteiger partial charge in [0.05, 0.1) is 51.1 Å². The Balaban J connectivity index is 3.50. The van der Waals surface area contributed by atoms with E-state index < -0.39 is 19.3 Å². The van der Waals surface area contributed by atoms with E-state index in [0.717, 1.165) is 4.90 Å². The van der Waals surface area contributed by atoms with Crippen LogP contribution in [0.5, 0.6) is 0 Å². The third-order valence-electron chi connectivity index (χ3n) is 5.52. The van der Waals surface area contributed by atoms with Gasteiger partial charge in [0.2, 0.25) is 0 Å². The molecule has 0 bridgehead atoms. The number of imide groups is 1. The number of hydrogen-bond acceptors (Lipinski definition) is 3. The molecule has 1 rings (SSSR count). The van der Waals surface area contributed by atoms with E-state index in [1.54, 1.807) is 6.92 Å². The lowest BCUT2D eigenvalue weighted by Crippen LogP contribution is -2.40. The third kappa shape index (κ3) is 5.65. The van der Waals surface area contributed by atoms with Crippen LogP contribution in [0.2, 0.25) is 10.0 Å². The predicted molar refractivity (Wildman–Crippen MR) is 130 cm³/mol. The first-order valence-electron chi connectivity index (χ1n) is 10.0. The first-order valence-corrected chi connectivity index (χ1v) is 13.0. The zero-order valence-corrected chi connectivity index (χ0v) is 21.1. The Morgan fingerprint density at radius 1 is 1.07 bits per heavy atom. The number of carbonyl (C=O) groups is 2. The van der Waals surface area contributed by atoms with Gasteiger partial charge in [0.25, 0.3) is 5.91 Å². The number of hydrogen-bond donors (Lipinski definition) is 0. The molecule has 5 nitrogen and oxygen atoms in total. The number of nitrogens with zero attached hydrogens (tertiary/aromatic N) is 2. The van der Waals surface area contributed by atoms with E-state index in [2.05, 4.69) is 47.4 Å². The molecule has 0 unspecified atom stereocenters. The van der Waals surface area contributed by atoms with Crippen LogP contribution in [-0.2, 0) is 9.53 Å². The maximum absolute atomic E-state index is 13.4. The zero-order chi connectivity index (χ0) is 23.2. The van der Waals surface area contributed by atoms with Crippen molar-refractivity contribution in [1.29, 1.82) is 0 Å². The highest BCUT2D eigenvalue weighted by molar-refractivity contribution is 7.78. The fourth-order valence-electron chi connectivity index (χ4n) is 4.01. The Morgan fingerprint density at radius 2 is 1.60 bits per heavy atom. The summed E-state index contributed by atoms with van der Waals surface area (Å²) in [6.45, 7) is 14.6. The topological polar surface area (TPSA) is 68.9 Å². The molecular weight excluding hydrogens is 442 g/mol.